The summed E-state index contributed by atoms with van der Waals surface area (Å²) >= 11 is 0. The molecule has 1 aliphatic carbocycles. The molecule has 0 saturated heterocycles. The lowest BCUT2D eigenvalue weighted by Crippen LogP contribution is -2.43. The molecule has 31 heavy (non-hydrogen) atoms. The Labute approximate surface area is 183 Å². The number of hydrogen-bond acceptors (Lipinski definition) is 2. The Kier molecular flexibility index (Phi) is 7.79. The number of aliphatic hydroxyl groups excluding tert-OH is 2. The van der Waals surface area contributed by atoms with Gasteiger partial charge in [-0.2, -0.15) is 0 Å². The van der Waals surface area contributed by atoms with Crippen molar-refractivity contribution >= 4 is 0 Å². The summed E-state index contributed by atoms with van der Waals surface area (Å²) in [5.74, 6) is -6.93. The Morgan fingerprint density at radius 3 is 1.39 bits per heavy atom. The number of hydrogen-bond donors (Lipinski definition) is 2. The Hall–Kier alpha value is -2.30. The molecular formula is C27H32F2O2. The minimum atomic E-state index is -3.10. The molecule has 1 fully saturated rings. The normalized spacial score (nSPS) is 30.3. The summed E-state index contributed by atoms with van der Waals surface area (Å²) in [4.78, 5) is 0. The number of benzene rings is 2. The van der Waals surface area contributed by atoms with Crippen molar-refractivity contribution in [1.29, 1.82) is 0 Å². The van der Waals surface area contributed by atoms with Gasteiger partial charge < -0.3 is 10.2 Å². The first-order valence-corrected chi connectivity index (χ1v) is 10.9. The van der Waals surface area contributed by atoms with Gasteiger partial charge in [0.25, 0.3) is 5.92 Å². The van der Waals surface area contributed by atoms with E-state index in [1.165, 1.54) is 12.2 Å². The zero-order chi connectivity index (χ0) is 22.4. The first-order valence-electron chi connectivity index (χ1n) is 10.9. The van der Waals surface area contributed by atoms with E-state index in [9.17, 15) is 10.2 Å². The third-order valence-corrected chi connectivity index (χ3v) is 6.72. The van der Waals surface area contributed by atoms with Gasteiger partial charge in [-0.25, -0.2) is 8.78 Å². The molecule has 6 unspecified atom stereocenters. The molecule has 0 heterocycles. The SMILES string of the molecule is C=CCC1C(Cc2ccccc2)C(O)C(O)C(Cc2ccccc2)C(CC=C)C1(F)F. The van der Waals surface area contributed by atoms with E-state index in [2.05, 4.69) is 13.2 Å². The van der Waals surface area contributed by atoms with E-state index in [4.69, 9.17) is 0 Å². The van der Waals surface area contributed by atoms with Crippen LogP contribution in [0.2, 0.25) is 0 Å². The quantitative estimate of drug-likeness (QED) is 0.435. The van der Waals surface area contributed by atoms with Crippen LogP contribution in [0.5, 0.6) is 0 Å². The zero-order valence-corrected chi connectivity index (χ0v) is 17.8. The number of allylic oxidation sites excluding steroid dienone is 2. The average molecular weight is 427 g/mol. The molecule has 2 aromatic carbocycles. The summed E-state index contributed by atoms with van der Waals surface area (Å²) < 4.78 is 32.2. The molecule has 4 heteroatoms. The summed E-state index contributed by atoms with van der Waals surface area (Å²) in [6.07, 6.45) is 1.15. The third kappa shape index (κ3) is 5.13. The number of aliphatic hydroxyl groups is 2. The zero-order valence-electron chi connectivity index (χ0n) is 17.8. The molecule has 2 aromatic rings. The van der Waals surface area contributed by atoms with Gasteiger partial charge in [-0.15, -0.1) is 13.2 Å². The fourth-order valence-corrected chi connectivity index (χ4v) is 5.15. The summed E-state index contributed by atoms with van der Waals surface area (Å²) in [7, 11) is 0. The van der Waals surface area contributed by atoms with Crippen LogP contribution in [-0.2, 0) is 12.8 Å². The highest BCUT2D eigenvalue weighted by Gasteiger charge is 2.58. The smallest absolute Gasteiger partial charge is 0.255 e. The molecule has 2 N–H and O–H groups in total. The van der Waals surface area contributed by atoms with Crippen molar-refractivity contribution in [1.82, 2.24) is 0 Å². The largest absolute Gasteiger partial charge is 0.390 e. The van der Waals surface area contributed by atoms with Crippen LogP contribution < -0.4 is 0 Å². The van der Waals surface area contributed by atoms with E-state index in [0.29, 0.717) is 0 Å². The molecule has 0 aliphatic heterocycles. The minimum absolute atomic E-state index is 0.0694. The van der Waals surface area contributed by atoms with Crippen LogP contribution in [0.25, 0.3) is 0 Å². The average Bonchev–Trinajstić information content (AvgIpc) is 2.82. The van der Waals surface area contributed by atoms with Gasteiger partial charge in [0.1, 0.15) is 0 Å². The molecule has 0 radical (unpaired) electrons. The Morgan fingerprint density at radius 2 is 1.06 bits per heavy atom. The molecule has 0 bridgehead atoms. The van der Waals surface area contributed by atoms with Crippen LogP contribution in [0.4, 0.5) is 8.78 Å². The topological polar surface area (TPSA) is 40.5 Å². The van der Waals surface area contributed by atoms with Crippen molar-refractivity contribution in [2.24, 2.45) is 23.7 Å². The summed E-state index contributed by atoms with van der Waals surface area (Å²) in [5, 5.41) is 22.4. The molecule has 0 spiro atoms. The predicted octanol–water partition coefficient (Wildman–Crippen LogP) is 5.46. The van der Waals surface area contributed by atoms with Gasteiger partial charge in [-0.1, -0.05) is 72.8 Å². The fourth-order valence-electron chi connectivity index (χ4n) is 5.15. The molecular weight excluding hydrogens is 394 g/mol. The van der Waals surface area contributed by atoms with E-state index >= 15 is 8.78 Å². The lowest BCUT2D eigenvalue weighted by atomic mass is 9.74. The van der Waals surface area contributed by atoms with Crippen molar-refractivity contribution in [3.8, 4) is 0 Å². The van der Waals surface area contributed by atoms with Crippen molar-refractivity contribution in [2.75, 3.05) is 0 Å². The summed E-state index contributed by atoms with van der Waals surface area (Å²) in [6.45, 7) is 7.39. The molecule has 3 rings (SSSR count). The second-order valence-electron chi connectivity index (χ2n) is 8.62. The van der Waals surface area contributed by atoms with Crippen molar-refractivity contribution in [3.05, 3.63) is 97.1 Å². The molecule has 2 nitrogen and oxygen atoms in total. The van der Waals surface area contributed by atoms with E-state index in [0.717, 1.165) is 11.1 Å². The number of rotatable bonds is 8. The maximum Gasteiger partial charge on any atom is 0.255 e. The van der Waals surface area contributed by atoms with Crippen molar-refractivity contribution in [3.63, 3.8) is 0 Å². The predicted molar refractivity (Wildman–Crippen MR) is 121 cm³/mol. The van der Waals surface area contributed by atoms with Gasteiger partial charge in [0.2, 0.25) is 0 Å². The standard InChI is InChI=1S/C27H32F2O2/c1-3-11-23-21(17-19-13-7-5-8-14-19)25(30)26(31)22(18-20-15-9-6-10-16-20)24(12-4-2)27(23,28)29/h3-10,13-16,21-26,30-31H,1-2,11-12,17-18H2. The van der Waals surface area contributed by atoms with Crippen LogP contribution in [-0.4, -0.2) is 28.3 Å². The minimum Gasteiger partial charge on any atom is -0.390 e. The number of halogens is 2. The maximum atomic E-state index is 16.1. The van der Waals surface area contributed by atoms with E-state index < -0.39 is 41.8 Å². The van der Waals surface area contributed by atoms with Gasteiger partial charge in [-0.3, -0.25) is 0 Å². The van der Waals surface area contributed by atoms with E-state index in [-0.39, 0.29) is 25.7 Å². The van der Waals surface area contributed by atoms with Crippen LogP contribution in [0.15, 0.2) is 86.0 Å². The molecule has 0 amide bonds. The van der Waals surface area contributed by atoms with E-state index in [1.54, 1.807) is 0 Å². The third-order valence-electron chi connectivity index (χ3n) is 6.72. The second kappa shape index (κ2) is 10.3. The van der Waals surface area contributed by atoms with Gasteiger partial charge in [0, 0.05) is 23.7 Å². The van der Waals surface area contributed by atoms with Crippen LogP contribution in [0, 0.1) is 23.7 Å². The number of alkyl halides is 2. The Bertz CT molecular complexity index is 767. The highest BCUT2D eigenvalue weighted by molar-refractivity contribution is 5.19. The molecule has 1 aliphatic rings. The summed E-state index contributed by atoms with van der Waals surface area (Å²) in [6, 6.07) is 18.6. The maximum absolute atomic E-state index is 16.1. The highest BCUT2D eigenvalue weighted by Crippen LogP contribution is 2.51. The highest BCUT2D eigenvalue weighted by atomic mass is 19.3. The lowest BCUT2D eigenvalue weighted by molar-refractivity contribution is -0.136. The van der Waals surface area contributed by atoms with Gasteiger partial charge in [-0.05, 0) is 36.8 Å². The Balaban J connectivity index is 2.05. The van der Waals surface area contributed by atoms with Crippen molar-refractivity contribution in [2.45, 2.75) is 43.8 Å². The monoisotopic (exact) mass is 426 g/mol. The molecule has 166 valence electrons. The van der Waals surface area contributed by atoms with Crippen LogP contribution in [0.1, 0.15) is 24.0 Å². The van der Waals surface area contributed by atoms with Crippen LogP contribution >= 0.6 is 0 Å². The fraction of sp³-hybridized carbons (Fsp3) is 0.407. The molecule has 1 saturated carbocycles. The summed E-state index contributed by atoms with van der Waals surface area (Å²) in [5.41, 5.74) is 1.73. The van der Waals surface area contributed by atoms with Gasteiger partial charge in [0.05, 0.1) is 12.2 Å². The van der Waals surface area contributed by atoms with Gasteiger partial charge in [0.15, 0.2) is 0 Å². The van der Waals surface area contributed by atoms with E-state index in [1.807, 2.05) is 60.7 Å². The molecule has 6 atom stereocenters. The van der Waals surface area contributed by atoms with Gasteiger partial charge >= 0.3 is 0 Å². The Morgan fingerprint density at radius 1 is 0.710 bits per heavy atom. The first-order chi connectivity index (χ1) is 14.9. The lowest BCUT2D eigenvalue weighted by Gasteiger charge is -2.37. The first kappa shape index (κ1) is 23.4. The second-order valence-corrected chi connectivity index (χ2v) is 8.62. The van der Waals surface area contributed by atoms with Crippen LogP contribution in [0.3, 0.4) is 0 Å². The van der Waals surface area contributed by atoms with Crippen molar-refractivity contribution < 1.29 is 19.0 Å². The molecule has 0 aromatic heterocycles.